The fourth-order valence-electron chi connectivity index (χ4n) is 1.65. The first-order valence-electron chi connectivity index (χ1n) is 5.32. The highest BCUT2D eigenvalue weighted by atomic mass is 32.1. The number of aldehydes is 1. The molecule has 0 radical (unpaired) electrons. The number of carbonyl (C=O) groups excluding carboxylic acids is 1. The molecule has 0 atom stereocenters. The van der Waals surface area contributed by atoms with Gasteiger partial charge in [0.2, 0.25) is 0 Å². The van der Waals surface area contributed by atoms with E-state index in [9.17, 15) is 4.79 Å². The Labute approximate surface area is 105 Å². The van der Waals surface area contributed by atoms with Gasteiger partial charge in [-0.15, -0.1) is 11.3 Å². The SMILES string of the molecule is Cc1sc(C=O)nc1-c1ccc(N(C)C)cc1. The Balaban J connectivity index is 2.39. The van der Waals surface area contributed by atoms with Crippen LogP contribution in [-0.4, -0.2) is 25.4 Å². The van der Waals surface area contributed by atoms with E-state index in [0.29, 0.717) is 5.01 Å². The first-order valence-corrected chi connectivity index (χ1v) is 6.14. The van der Waals surface area contributed by atoms with Crippen molar-refractivity contribution in [3.05, 3.63) is 34.2 Å². The van der Waals surface area contributed by atoms with Crippen LogP contribution < -0.4 is 4.90 Å². The minimum absolute atomic E-state index is 0.536. The van der Waals surface area contributed by atoms with E-state index in [1.807, 2.05) is 33.2 Å². The van der Waals surface area contributed by atoms with Crippen molar-refractivity contribution >= 4 is 23.3 Å². The summed E-state index contributed by atoms with van der Waals surface area (Å²) in [6.07, 6.45) is 0.801. The molecule has 1 aromatic heterocycles. The van der Waals surface area contributed by atoms with Crippen LogP contribution in [0, 0.1) is 6.92 Å². The highest BCUT2D eigenvalue weighted by Crippen LogP contribution is 2.28. The van der Waals surface area contributed by atoms with Crippen LogP contribution in [-0.2, 0) is 0 Å². The third-order valence-electron chi connectivity index (χ3n) is 2.57. The van der Waals surface area contributed by atoms with E-state index < -0.39 is 0 Å². The van der Waals surface area contributed by atoms with Crippen LogP contribution in [0.2, 0.25) is 0 Å². The van der Waals surface area contributed by atoms with E-state index in [0.717, 1.165) is 28.1 Å². The number of hydrogen-bond acceptors (Lipinski definition) is 4. The molecule has 0 unspecified atom stereocenters. The summed E-state index contributed by atoms with van der Waals surface area (Å²) in [6.45, 7) is 1.99. The molecule has 0 amide bonds. The number of aromatic nitrogens is 1. The Morgan fingerprint density at radius 1 is 1.24 bits per heavy atom. The van der Waals surface area contributed by atoms with Crippen LogP contribution in [0.5, 0.6) is 0 Å². The molecule has 0 saturated heterocycles. The van der Waals surface area contributed by atoms with Crippen molar-refractivity contribution in [3.63, 3.8) is 0 Å². The molecule has 0 aliphatic carbocycles. The van der Waals surface area contributed by atoms with Crippen molar-refractivity contribution in [1.29, 1.82) is 0 Å². The van der Waals surface area contributed by atoms with E-state index in [1.54, 1.807) is 0 Å². The molecule has 4 heteroatoms. The number of nitrogens with zero attached hydrogens (tertiary/aromatic N) is 2. The van der Waals surface area contributed by atoms with Crippen molar-refractivity contribution in [2.45, 2.75) is 6.92 Å². The Hall–Kier alpha value is -1.68. The quantitative estimate of drug-likeness (QED) is 0.781. The summed E-state index contributed by atoms with van der Waals surface area (Å²) in [4.78, 5) is 18.1. The lowest BCUT2D eigenvalue weighted by Gasteiger charge is -2.12. The molecule has 0 saturated carbocycles. The van der Waals surface area contributed by atoms with E-state index in [4.69, 9.17) is 0 Å². The zero-order valence-electron chi connectivity index (χ0n) is 10.1. The average Bonchev–Trinajstić information content (AvgIpc) is 2.71. The van der Waals surface area contributed by atoms with Gasteiger partial charge in [-0.25, -0.2) is 4.98 Å². The maximum absolute atomic E-state index is 10.7. The lowest BCUT2D eigenvalue weighted by Crippen LogP contribution is -2.07. The van der Waals surface area contributed by atoms with Gasteiger partial charge < -0.3 is 4.90 Å². The van der Waals surface area contributed by atoms with Crippen LogP contribution in [0.3, 0.4) is 0 Å². The molecule has 0 N–H and O–H groups in total. The highest BCUT2D eigenvalue weighted by molar-refractivity contribution is 7.13. The summed E-state index contributed by atoms with van der Waals surface area (Å²) in [5.74, 6) is 0. The Kier molecular flexibility index (Phi) is 3.24. The molecule has 0 fully saturated rings. The molecule has 1 aromatic carbocycles. The summed E-state index contributed by atoms with van der Waals surface area (Å²) < 4.78 is 0. The highest BCUT2D eigenvalue weighted by Gasteiger charge is 2.09. The van der Waals surface area contributed by atoms with E-state index in [-0.39, 0.29) is 0 Å². The Morgan fingerprint density at radius 3 is 2.35 bits per heavy atom. The van der Waals surface area contributed by atoms with Crippen molar-refractivity contribution in [3.8, 4) is 11.3 Å². The predicted octanol–water partition coefficient (Wildman–Crippen LogP) is 3.00. The van der Waals surface area contributed by atoms with Crippen molar-refractivity contribution in [1.82, 2.24) is 4.98 Å². The molecule has 88 valence electrons. The molecular weight excluding hydrogens is 232 g/mol. The second-order valence-electron chi connectivity index (χ2n) is 4.02. The monoisotopic (exact) mass is 246 g/mol. The minimum atomic E-state index is 0.536. The van der Waals surface area contributed by atoms with Gasteiger partial charge in [-0.3, -0.25) is 4.79 Å². The minimum Gasteiger partial charge on any atom is -0.378 e. The number of carbonyl (C=O) groups is 1. The summed E-state index contributed by atoms with van der Waals surface area (Å²) in [5.41, 5.74) is 3.11. The number of aryl methyl sites for hydroxylation is 1. The van der Waals surface area contributed by atoms with Gasteiger partial charge in [-0.1, -0.05) is 12.1 Å². The van der Waals surface area contributed by atoms with Crippen molar-refractivity contribution < 1.29 is 4.79 Å². The normalized spacial score (nSPS) is 10.3. The summed E-state index contributed by atoms with van der Waals surface area (Å²) in [7, 11) is 4.02. The molecule has 1 heterocycles. The zero-order chi connectivity index (χ0) is 12.4. The van der Waals surface area contributed by atoms with Crippen LogP contribution >= 0.6 is 11.3 Å². The maximum atomic E-state index is 10.7. The molecule has 2 aromatic rings. The van der Waals surface area contributed by atoms with Crippen LogP contribution in [0.15, 0.2) is 24.3 Å². The second-order valence-corrected chi connectivity index (χ2v) is 5.25. The van der Waals surface area contributed by atoms with Gasteiger partial charge in [0.25, 0.3) is 0 Å². The smallest absolute Gasteiger partial charge is 0.178 e. The van der Waals surface area contributed by atoms with E-state index in [1.165, 1.54) is 11.3 Å². The summed E-state index contributed by atoms with van der Waals surface area (Å²) in [6, 6.07) is 8.17. The lowest BCUT2D eigenvalue weighted by atomic mass is 10.1. The molecule has 0 aliphatic heterocycles. The molecule has 3 nitrogen and oxygen atoms in total. The summed E-state index contributed by atoms with van der Waals surface area (Å²) >= 11 is 1.43. The third-order valence-corrected chi connectivity index (χ3v) is 3.47. The predicted molar refractivity (Wildman–Crippen MR) is 72.0 cm³/mol. The van der Waals surface area contributed by atoms with Crippen molar-refractivity contribution in [2.24, 2.45) is 0 Å². The van der Waals surface area contributed by atoms with E-state index in [2.05, 4.69) is 22.0 Å². The van der Waals surface area contributed by atoms with Gasteiger partial charge in [0.1, 0.15) is 0 Å². The topological polar surface area (TPSA) is 33.2 Å². The number of benzene rings is 1. The maximum Gasteiger partial charge on any atom is 0.178 e. The fourth-order valence-corrected chi connectivity index (χ4v) is 2.41. The number of thiazole rings is 1. The molecule has 0 bridgehead atoms. The van der Waals surface area contributed by atoms with E-state index >= 15 is 0 Å². The van der Waals surface area contributed by atoms with Gasteiger partial charge in [0.05, 0.1) is 5.69 Å². The van der Waals surface area contributed by atoms with Crippen LogP contribution in [0.1, 0.15) is 14.7 Å². The number of anilines is 1. The van der Waals surface area contributed by atoms with Crippen LogP contribution in [0.25, 0.3) is 11.3 Å². The molecule has 17 heavy (non-hydrogen) atoms. The number of hydrogen-bond donors (Lipinski definition) is 0. The molecular formula is C13H14N2OS. The molecule has 0 aliphatic rings. The van der Waals surface area contributed by atoms with Gasteiger partial charge in [-0.05, 0) is 19.1 Å². The third kappa shape index (κ3) is 2.36. The second kappa shape index (κ2) is 4.67. The lowest BCUT2D eigenvalue weighted by molar-refractivity contribution is 0.112. The van der Waals surface area contributed by atoms with Gasteiger partial charge in [0, 0.05) is 30.2 Å². The number of rotatable bonds is 3. The fraction of sp³-hybridized carbons (Fsp3) is 0.231. The largest absolute Gasteiger partial charge is 0.378 e. The standard InChI is InChI=1S/C13H14N2OS/c1-9-13(14-12(8-16)17-9)10-4-6-11(7-5-10)15(2)3/h4-8H,1-3H3. The van der Waals surface area contributed by atoms with Gasteiger partial charge >= 0.3 is 0 Å². The molecule has 0 spiro atoms. The van der Waals surface area contributed by atoms with Crippen LogP contribution in [0.4, 0.5) is 5.69 Å². The Morgan fingerprint density at radius 2 is 1.88 bits per heavy atom. The average molecular weight is 246 g/mol. The first kappa shape index (κ1) is 11.8. The van der Waals surface area contributed by atoms with Gasteiger partial charge in [-0.2, -0.15) is 0 Å². The first-order chi connectivity index (χ1) is 8.11. The summed E-state index contributed by atoms with van der Waals surface area (Å²) in [5, 5.41) is 0.536. The van der Waals surface area contributed by atoms with Gasteiger partial charge in [0.15, 0.2) is 11.3 Å². The molecule has 2 rings (SSSR count). The van der Waals surface area contributed by atoms with Crippen molar-refractivity contribution in [2.75, 3.05) is 19.0 Å². The zero-order valence-corrected chi connectivity index (χ0v) is 10.9. The Bertz CT molecular complexity index is 529.